The van der Waals surface area contributed by atoms with E-state index in [0.717, 1.165) is 5.56 Å². The summed E-state index contributed by atoms with van der Waals surface area (Å²) >= 11 is 0. The van der Waals surface area contributed by atoms with Crippen LogP contribution in [0.3, 0.4) is 0 Å². The first kappa shape index (κ1) is 12.0. The molecule has 1 aliphatic rings. The van der Waals surface area contributed by atoms with Crippen molar-refractivity contribution in [3.63, 3.8) is 0 Å². The van der Waals surface area contributed by atoms with Crippen molar-refractivity contribution in [1.29, 1.82) is 0 Å². The molecule has 3 nitrogen and oxygen atoms in total. The van der Waals surface area contributed by atoms with E-state index in [0.29, 0.717) is 19.4 Å². The number of rotatable bonds is 3. The number of nitrogens with two attached hydrogens (primary N) is 1. The predicted octanol–water partition coefficient (Wildman–Crippen LogP) is 1.75. The average Bonchev–Trinajstić information content (AvgIpc) is 2.26. The molecule has 92 valence electrons. The van der Waals surface area contributed by atoms with Crippen LogP contribution in [0.2, 0.25) is 0 Å². The molecule has 0 unspecified atom stereocenters. The lowest BCUT2D eigenvalue weighted by Crippen LogP contribution is -2.54. The maximum atomic E-state index is 12.9. The van der Waals surface area contributed by atoms with Crippen molar-refractivity contribution >= 4 is 5.97 Å². The summed E-state index contributed by atoms with van der Waals surface area (Å²) in [5, 5.41) is 0. The summed E-state index contributed by atoms with van der Waals surface area (Å²) in [5.41, 5.74) is 5.90. The smallest absolute Gasteiger partial charge is 0.316 e. The fourth-order valence-corrected chi connectivity index (χ4v) is 2.39. The number of benzene rings is 1. The van der Waals surface area contributed by atoms with Crippen LogP contribution in [0, 0.1) is 5.82 Å². The molecule has 0 spiro atoms. The van der Waals surface area contributed by atoms with Gasteiger partial charge in [-0.3, -0.25) is 4.79 Å². The minimum absolute atomic E-state index is 0.0180. The monoisotopic (exact) mass is 237 g/mol. The van der Waals surface area contributed by atoms with Gasteiger partial charge < -0.3 is 10.5 Å². The molecule has 4 heteroatoms. The van der Waals surface area contributed by atoms with Crippen molar-refractivity contribution in [1.82, 2.24) is 0 Å². The van der Waals surface area contributed by atoms with Crippen LogP contribution in [-0.4, -0.2) is 18.6 Å². The lowest BCUT2D eigenvalue weighted by atomic mass is 9.62. The van der Waals surface area contributed by atoms with E-state index < -0.39 is 5.41 Å². The van der Waals surface area contributed by atoms with Crippen molar-refractivity contribution in [3.8, 4) is 0 Å². The first-order valence-corrected chi connectivity index (χ1v) is 5.77. The molecule has 1 saturated carbocycles. The van der Waals surface area contributed by atoms with Crippen LogP contribution in [0.4, 0.5) is 4.39 Å². The Morgan fingerprint density at radius 2 is 2.06 bits per heavy atom. The van der Waals surface area contributed by atoms with Gasteiger partial charge in [-0.25, -0.2) is 4.39 Å². The Labute approximate surface area is 99.8 Å². The summed E-state index contributed by atoms with van der Waals surface area (Å²) in [6.07, 6.45) is 1.13. The molecule has 0 aliphatic heterocycles. The molecule has 0 amide bonds. The van der Waals surface area contributed by atoms with Gasteiger partial charge >= 0.3 is 5.97 Å². The quantitative estimate of drug-likeness (QED) is 0.815. The lowest BCUT2D eigenvalue weighted by Gasteiger charge is -2.44. The second-order valence-electron chi connectivity index (χ2n) is 4.48. The molecule has 0 heterocycles. The molecule has 0 atom stereocenters. The van der Waals surface area contributed by atoms with Crippen molar-refractivity contribution in [2.45, 2.75) is 31.2 Å². The molecular formula is C13H16FNO2. The third-order valence-corrected chi connectivity index (χ3v) is 3.28. The van der Waals surface area contributed by atoms with Crippen LogP contribution in [0.25, 0.3) is 0 Å². The third kappa shape index (κ3) is 2.05. The van der Waals surface area contributed by atoms with Gasteiger partial charge in [0.25, 0.3) is 0 Å². The van der Waals surface area contributed by atoms with Crippen molar-refractivity contribution in [2.75, 3.05) is 6.61 Å². The number of esters is 1. The van der Waals surface area contributed by atoms with E-state index in [4.69, 9.17) is 10.5 Å². The first-order chi connectivity index (χ1) is 8.08. The number of carbonyl (C=O) groups is 1. The Morgan fingerprint density at radius 3 is 2.53 bits per heavy atom. The Bertz CT molecular complexity index is 410. The van der Waals surface area contributed by atoms with Gasteiger partial charge in [-0.2, -0.15) is 0 Å². The van der Waals surface area contributed by atoms with Gasteiger partial charge in [0.2, 0.25) is 0 Å². The molecule has 1 fully saturated rings. The number of ether oxygens (including phenoxy) is 1. The summed E-state index contributed by atoms with van der Waals surface area (Å²) in [6, 6.07) is 6.01. The summed E-state index contributed by atoms with van der Waals surface area (Å²) < 4.78 is 18.0. The van der Waals surface area contributed by atoms with Crippen LogP contribution in [0.5, 0.6) is 0 Å². The van der Waals surface area contributed by atoms with E-state index >= 15 is 0 Å². The fourth-order valence-electron chi connectivity index (χ4n) is 2.39. The molecular weight excluding hydrogens is 221 g/mol. The highest BCUT2D eigenvalue weighted by Gasteiger charge is 2.51. The molecule has 1 aliphatic carbocycles. The van der Waals surface area contributed by atoms with E-state index in [1.807, 2.05) is 0 Å². The molecule has 2 N–H and O–H groups in total. The lowest BCUT2D eigenvalue weighted by molar-refractivity contribution is -0.154. The molecule has 1 aromatic rings. The van der Waals surface area contributed by atoms with Gasteiger partial charge in [0.15, 0.2) is 0 Å². The van der Waals surface area contributed by atoms with Gasteiger partial charge in [0.05, 0.1) is 12.0 Å². The normalized spacial score (nSPS) is 27.4. The highest BCUT2D eigenvalue weighted by Crippen LogP contribution is 2.44. The van der Waals surface area contributed by atoms with Crippen molar-refractivity contribution < 1.29 is 13.9 Å². The predicted molar refractivity (Wildman–Crippen MR) is 61.9 cm³/mol. The van der Waals surface area contributed by atoms with Crippen molar-refractivity contribution in [3.05, 3.63) is 35.6 Å². The molecule has 1 aromatic carbocycles. The molecule has 2 rings (SSSR count). The zero-order chi connectivity index (χ0) is 12.5. The largest absolute Gasteiger partial charge is 0.465 e. The summed E-state index contributed by atoms with van der Waals surface area (Å²) in [6.45, 7) is 2.12. The van der Waals surface area contributed by atoms with E-state index in [1.165, 1.54) is 12.1 Å². The van der Waals surface area contributed by atoms with E-state index in [9.17, 15) is 9.18 Å². The van der Waals surface area contributed by atoms with E-state index in [2.05, 4.69) is 0 Å². The van der Waals surface area contributed by atoms with Gasteiger partial charge in [-0.05, 0) is 37.5 Å². The van der Waals surface area contributed by atoms with Crippen molar-refractivity contribution in [2.24, 2.45) is 5.73 Å². The average molecular weight is 237 g/mol. The third-order valence-electron chi connectivity index (χ3n) is 3.28. The van der Waals surface area contributed by atoms with Crippen LogP contribution >= 0.6 is 0 Å². The Hall–Kier alpha value is -1.42. The van der Waals surface area contributed by atoms with Crippen LogP contribution in [0.1, 0.15) is 25.3 Å². The SMILES string of the molecule is CCOC(=O)C1(c2ccc(F)cc2)CC(N)C1. The molecule has 0 aromatic heterocycles. The summed E-state index contributed by atoms with van der Waals surface area (Å²) in [5.74, 6) is -0.565. The van der Waals surface area contributed by atoms with Gasteiger partial charge in [-0.15, -0.1) is 0 Å². The standard InChI is InChI=1S/C13H16FNO2/c1-2-17-12(16)13(7-11(15)8-13)9-3-5-10(14)6-4-9/h3-6,11H,2,7-8,15H2,1H3. The minimum atomic E-state index is -0.664. The number of carbonyl (C=O) groups excluding carboxylic acids is 1. The van der Waals surface area contributed by atoms with Gasteiger partial charge in [-0.1, -0.05) is 12.1 Å². The second-order valence-corrected chi connectivity index (χ2v) is 4.48. The molecule has 0 bridgehead atoms. The zero-order valence-corrected chi connectivity index (χ0v) is 9.78. The molecule has 0 radical (unpaired) electrons. The summed E-state index contributed by atoms with van der Waals surface area (Å²) in [7, 11) is 0. The number of hydrogen-bond donors (Lipinski definition) is 1. The molecule has 17 heavy (non-hydrogen) atoms. The Kier molecular flexibility index (Phi) is 3.15. The second kappa shape index (κ2) is 4.45. The van der Waals surface area contributed by atoms with Gasteiger partial charge in [0, 0.05) is 6.04 Å². The minimum Gasteiger partial charge on any atom is -0.465 e. The van der Waals surface area contributed by atoms with Crippen LogP contribution in [0.15, 0.2) is 24.3 Å². The first-order valence-electron chi connectivity index (χ1n) is 5.77. The summed E-state index contributed by atoms with van der Waals surface area (Å²) in [4.78, 5) is 12.0. The highest BCUT2D eigenvalue weighted by atomic mass is 19.1. The van der Waals surface area contributed by atoms with E-state index in [1.54, 1.807) is 19.1 Å². The number of halogens is 1. The molecule has 0 saturated heterocycles. The van der Waals surface area contributed by atoms with Crippen LogP contribution in [-0.2, 0) is 14.9 Å². The maximum Gasteiger partial charge on any atom is 0.316 e. The topological polar surface area (TPSA) is 52.3 Å². The van der Waals surface area contributed by atoms with Crippen LogP contribution < -0.4 is 5.73 Å². The zero-order valence-electron chi connectivity index (χ0n) is 9.78. The number of hydrogen-bond acceptors (Lipinski definition) is 3. The fraction of sp³-hybridized carbons (Fsp3) is 0.462. The highest BCUT2D eigenvalue weighted by molar-refractivity contribution is 5.84. The maximum absolute atomic E-state index is 12.9. The van der Waals surface area contributed by atoms with Gasteiger partial charge in [0.1, 0.15) is 5.82 Å². The Morgan fingerprint density at radius 1 is 1.47 bits per heavy atom. The Balaban J connectivity index is 2.29. The van der Waals surface area contributed by atoms with E-state index in [-0.39, 0.29) is 17.8 Å².